The molecule has 0 fully saturated rings. The summed E-state index contributed by atoms with van der Waals surface area (Å²) in [6.07, 6.45) is 1.86. The summed E-state index contributed by atoms with van der Waals surface area (Å²) >= 11 is 0. The van der Waals surface area contributed by atoms with E-state index in [1.165, 1.54) is 22.1 Å². The highest BCUT2D eigenvalue weighted by atomic mass is 16.5. The van der Waals surface area contributed by atoms with E-state index in [9.17, 15) is 0 Å². The van der Waals surface area contributed by atoms with Gasteiger partial charge in [0.15, 0.2) is 0 Å². The fraction of sp³-hybridized carbons (Fsp3) is 0.256. The van der Waals surface area contributed by atoms with Crippen LogP contribution >= 0.6 is 0 Å². The van der Waals surface area contributed by atoms with Crippen molar-refractivity contribution in [2.45, 2.75) is 60.8 Å². The molecular weight excluding hydrogens is 620 g/mol. The van der Waals surface area contributed by atoms with Crippen LogP contribution in [0.5, 0.6) is 23.3 Å². The second kappa shape index (κ2) is 13.0. The van der Waals surface area contributed by atoms with Gasteiger partial charge in [-0.3, -0.25) is 4.57 Å². The lowest BCUT2D eigenvalue weighted by Gasteiger charge is -2.25. The lowest BCUT2D eigenvalue weighted by molar-refractivity contribution is 0.316. The number of hydrogen-bond donors (Lipinski definition) is 0. The van der Waals surface area contributed by atoms with Gasteiger partial charge in [-0.25, -0.2) is 4.98 Å². The van der Waals surface area contributed by atoms with Gasteiger partial charge in [0.1, 0.15) is 22.9 Å². The van der Waals surface area contributed by atoms with Crippen molar-refractivity contribution in [2.24, 2.45) is 0 Å². The molecule has 0 aliphatic heterocycles. The third-order valence-corrected chi connectivity index (χ3v) is 9.02. The number of ether oxygens (including phenoxy) is 3. The number of benzene rings is 4. The number of pyridine rings is 1. The van der Waals surface area contributed by atoms with Crippen molar-refractivity contribution >= 4 is 21.8 Å². The quantitative estimate of drug-likeness (QED) is 0.154. The minimum atomic E-state index is 0.0292. The molecule has 4 aromatic carbocycles. The van der Waals surface area contributed by atoms with Gasteiger partial charge in [0.25, 0.3) is 0 Å². The molecule has 0 aliphatic rings. The number of rotatable bonds is 9. The second-order valence-electron chi connectivity index (χ2n) is 13.8. The van der Waals surface area contributed by atoms with Crippen LogP contribution in [-0.2, 0) is 5.41 Å². The van der Waals surface area contributed by atoms with E-state index in [-0.39, 0.29) is 5.41 Å². The molecule has 7 aromatic rings. The molecule has 0 radical (unpaired) electrons. The highest BCUT2D eigenvalue weighted by Gasteiger charge is 2.26. The molecule has 7 nitrogen and oxygen atoms in total. The summed E-state index contributed by atoms with van der Waals surface area (Å²) in [7, 11) is 0. The van der Waals surface area contributed by atoms with Gasteiger partial charge >= 0.3 is 0 Å². The van der Waals surface area contributed by atoms with Crippen molar-refractivity contribution in [1.82, 2.24) is 19.3 Å². The van der Waals surface area contributed by atoms with E-state index in [1.54, 1.807) is 0 Å². The van der Waals surface area contributed by atoms with Crippen LogP contribution in [-0.4, -0.2) is 32.5 Å². The molecule has 3 aromatic heterocycles. The minimum Gasteiger partial charge on any atom is -0.477 e. The molecule has 254 valence electrons. The molecule has 0 spiro atoms. The Labute approximate surface area is 294 Å². The Kier molecular flexibility index (Phi) is 8.60. The maximum Gasteiger partial charge on any atom is 0.245 e. The van der Waals surface area contributed by atoms with Crippen LogP contribution in [0.25, 0.3) is 44.4 Å². The first-order valence-electron chi connectivity index (χ1n) is 17.3. The average Bonchev–Trinajstić information content (AvgIpc) is 3.59. The predicted octanol–water partition coefficient (Wildman–Crippen LogP) is 10.8. The van der Waals surface area contributed by atoms with Gasteiger partial charge in [-0.05, 0) is 110 Å². The van der Waals surface area contributed by atoms with Crippen molar-refractivity contribution in [1.29, 1.82) is 0 Å². The summed E-state index contributed by atoms with van der Waals surface area (Å²) in [5, 5.41) is 7.27. The molecule has 7 rings (SSSR count). The molecule has 7 heteroatoms. The molecule has 0 saturated carbocycles. The largest absolute Gasteiger partial charge is 0.477 e. The summed E-state index contributed by atoms with van der Waals surface area (Å²) in [6.45, 7) is 18.1. The summed E-state index contributed by atoms with van der Waals surface area (Å²) in [6, 6.07) is 31.1. The van der Waals surface area contributed by atoms with Crippen molar-refractivity contribution in [2.75, 3.05) is 13.2 Å². The first-order valence-corrected chi connectivity index (χ1v) is 17.3. The van der Waals surface area contributed by atoms with Crippen molar-refractivity contribution in [3.63, 3.8) is 0 Å². The topological polar surface area (TPSA) is 63.3 Å². The van der Waals surface area contributed by atoms with Crippen LogP contribution in [0.3, 0.4) is 0 Å². The Hall–Kier alpha value is -5.56. The summed E-state index contributed by atoms with van der Waals surface area (Å²) in [5.74, 6) is 3.44. The molecule has 0 amide bonds. The number of hydrogen-bond acceptors (Lipinski definition) is 5. The van der Waals surface area contributed by atoms with Crippen LogP contribution < -0.4 is 14.2 Å². The maximum atomic E-state index is 6.56. The number of aryl methyl sites for hydroxylation is 3. The Bertz CT molecular complexity index is 2340. The summed E-state index contributed by atoms with van der Waals surface area (Å²) in [4.78, 5) is 4.72. The summed E-state index contributed by atoms with van der Waals surface area (Å²) < 4.78 is 23.1. The normalized spacial score (nSPS) is 11.8. The number of aromatic nitrogens is 4. The van der Waals surface area contributed by atoms with Crippen molar-refractivity contribution in [3.05, 3.63) is 119 Å². The SMILES string of the molecule is CCOc1nn(-c2cccc(Oc3ccc4c5ccccc5n(-c5cc(C)ccn5)c4c3)c2)c(OCC)c1-c1cc(C)c(C(C)(C)C)c(C)c1. The fourth-order valence-electron chi connectivity index (χ4n) is 7.32. The third-order valence-electron chi connectivity index (χ3n) is 9.02. The van der Waals surface area contributed by atoms with Crippen LogP contribution in [0.2, 0.25) is 0 Å². The van der Waals surface area contributed by atoms with Crippen LogP contribution in [0, 0.1) is 20.8 Å². The molecule has 0 aliphatic carbocycles. The Morgan fingerprint density at radius 1 is 0.700 bits per heavy atom. The van der Waals surface area contributed by atoms with Gasteiger partial charge in [-0.2, -0.15) is 4.68 Å². The third kappa shape index (κ3) is 5.98. The van der Waals surface area contributed by atoms with E-state index in [0.717, 1.165) is 50.4 Å². The van der Waals surface area contributed by atoms with E-state index in [2.05, 4.69) is 101 Å². The maximum absolute atomic E-state index is 6.56. The highest BCUT2D eigenvalue weighted by molar-refractivity contribution is 6.09. The zero-order valence-electron chi connectivity index (χ0n) is 30.2. The zero-order chi connectivity index (χ0) is 35.2. The Morgan fingerprint density at radius 2 is 1.42 bits per heavy atom. The van der Waals surface area contributed by atoms with Gasteiger partial charge in [-0.1, -0.05) is 57.2 Å². The van der Waals surface area contributed by atoms with Gasteiger partial charge < -0.3 is 14.2 Å². The lowest BCUT2D eigenvalue weighted by Crippen LogP contribution is -2.15. The van der Waals surface area contributed by atoms with E-state index < -0.39 is 0 Å². The van der Waals surface area contributed by atoms with Crippen LogP contribution in [0.15, 0.2) is 97.2 Å². The number of para-hydroxylation sites is 1. The van der Waals surface area contributed by atoms with E-state index in [4.69, 9.17) is 24.3 Å². The van der Waals surface area contributed by atoms with Crippen LogP contribution in [0.1, 0.15) is 56.9 Å². The number of nitrogens with zero attached hydrogens (tertiary/aromatic N) is 4. The van der Waals surface area contributed by atoms with Gasteiger partial charge in [0, 0.05) is 29.1 Å². The first kappa shape index (κ1) is 33.0. The van der Waals surface area contributed by atoms with Gasteiger partial charge in [0.05, 0.1) is 29.9 Å². The smallest absolute Gasteiger partial charge is 0.245 e. The summed E-state index contributed by atoms with van der Waals surface area (Å²) in [5.41, 5.74) is 9.78. The van der Waals surface area contributed by atoms with Gasteiger partial charge in [-0.15, -0.1) is 5.10 Å². The number of fused-ring (bicyclic) bond motifs is 3. The second-order valence-corrected chi connectivity index (χ2v) is 13.8. The molecule has 0 unspecified atom stereocenters. The van der Waals surface area contributed by atoms with Crippen molar-refractivity contribution in [3.8, 4) is 45.9 Å². The molecular formula is C43H44N4O3. The molecule has 0 atom stereocenters. The molecule has 0 N–H and O–H groups in total. The fourth-order valence-corrected chi connectivity index (χ4v) is 7.32. The Morgan fingerprint density at radius 3 is 2.14 bits per heavy atom. The monoisotopic (exact) mass is 664 g/mol. The molecule has 3 heterocycles. The predicted molar refractivity (Wildman–Crippen MR) is 203 cm³/mol. The minimum absolute atomic E-state index is 0.0292. The molecule has 50 heavy (non-hydrogen) atoms. The van der Waals surface area contributed by atoms with E-state index in [1.807, 2.05) is 61.1 Å². The Balaban J connectivity index is 1.31. The highest BCUT2D eigenvalue weighted by Crippen LogP contribution is 2.43. The van der Waals surface area contributed by atoms with Crippen molar-refractivity contribution < 1.29 is 14.2 Å². The molecule has 0 bridgehead atoms. The first-order chi connectivity index (χ1) is 24.1. The lowest BCUT2D eigenvalue weighted by atomic mass is 9.80. The van der Waals surface area contributed by atoms with E-state index in [0.29, 0.717) is 30.7 Å². The standard InChI is InChI=1S/C43H44N4O3/c1-9-48-41-39(30-23-28(4)40(29(5)24-30)43(6,7)8)42(49-10-2)47(45-41)31-14-13-15-32(25-31)50-33-18-19-35-34-16-11-12-17-36(34)46(37(35)26-33)38-22-27(3)20-21-44-38/h11-26H,9-10H2,1-8H3. The zero-order valence-corrected chi connectivity index (χ0v) is 30.2. The molecule has 0 saturated heterocycles. The van der Waals surface area contributed by atoms with Gasteiger partial charge in [0.2, 0.25) is 11.8 Å². The van der Waals surface area contributed by atoms with Crippen LogP contribution in [0.4, 0.5) is 0 Å². The average molecular weight is 665 g/mol. The van der Waals surface area contributed by atoms with E-state index >= 15 is 0 Å².